The van der Waals surface area contributed by atoms with Crippen LogP contribution < -0.4 is 9.57 Å². The molecule has 0 fully saturated rings. The van der Waals surface area contributed by atoms with Gasteiger partial charge >= 0.3 is 5.69 Å². The quantitative estimate of drug-likeness (QED) is 0.428. The summed E-state index contributed by atoms with van der Waals surface area (Å²) >= 11 is 0. The molecule has 2 rings (SSSR count). The van der Waals surface area contributed by atoms with E-state index < -0.39 is 32.2 Å². The summed E-state index contributed by atoms with van der Waals surface area (Å²) in [5, 5.41) is 24.3. The van der Waals surface area contributed by atoms with Crippen LogP contribution in [-0.4, -0.2) is 31.3 Å². The van der Waals surface area contributed by atoms with E-state index in [1.54, 1.807) is 6.92 Å². The zero-order valence-corrected chi connectivity index (χ0v) is 14.2. The van der Waals surface area contributed by atoms with Gasteiger partial charge in [-0.3, -0.25) is 10.1 Å². The maximum atomic E-state index is 12.9. The van der Waals surface area contributed by atoms with Gasteiger partial charge in [0.1, 0.15) is 5.82 Å². The average molecular weight is 383 g/mol. The third-order valence-corrected chi connectivity index (χ3v) is 4.32. The van der Waals surface area contributed by atoms with Crippen molar-refractivity contribution in [3.8, 4) is 11.5 Å². The van der Waals surface area contributed by atoms with Crippen LogP contribution in [0.5, 0.6) is 11.5 Å². The van der Waals surface area contributed by atoms with Crippen LogP contribution in [0.15, 0.2) is 46.4 Å². The minimum Gasteiger partial charge on any atom is -0.500 e. The fourth-order valence-corrected chi connectivity index (χ4v) is 2.72. The highest BCUT2D eigenvalue weighted by Gasteiger charge is 2.20. The maximum Gasteiger partial charge on any atom is 0.315 e. The minimum atomic E-state index is -4.03. The monoisotopic (exact) mass is 383 g/mol. The summed E-state index contributed by atoms with van der Waals surface area (Å²) in [5.74, 6) is -1.36. The van der Waals surface area contributed by atoms with Gasteiger partial charge in [-0.25, -0.2) is 9.22 Å². The van der Waals surface area contributed by atoms with Crippen molar-refractivity contribution in [3.05, 3.63) is 57.9 Å². The number of halogens is 1. The van der Waals surface area contributed by atoms with E-state index in [1.807, 2.05) is 4.83 Å². The number of aromatic hydroxyl groups is 1. The van der Waals surface area contributed by atoms with Crippen molar-refractivity contribution < 1.29 is 27.6 Å². The van der Waals surface area contributed by atoms with Crippen LogP contribution in [-0.2, 0) is 10.0 Å². The molecule has 138 valence electrons. The molecule has 0 saturated carbocycles. The van der Waals surface area contributed by atoms with E-state index >= 15 is 0 Å². The lowest BCUT2D eigenvalue weighted by Gasteiger charge is -2.07. The Morgan fingerprint density at radius 2 is 2.00 bits per heavy atom. The van der Waals surface area contributed by atoms with Crippen LogP contribution in [0.1, 0.15) is 12.5 Å². The van der Waals surface area contributed by atoms with E-state index in [-0.39, 0.29) is 22.8 Å². The number of nitrogens with zero attached hydrogens (tertiary/aromatic N) is 2. The molecule has 0 unspecified atom stereocenters. The van der Waals surface area contributed by atoms with Crippen LogP contribution in [0.4, 0.5) is 10.1 Å². The molecule has 2 aromatic carbocycles. The number of ether oxygens (including phenoxy) is 1. The van der Waals surface area contributed by atoms with Gasteiger partial charge in [0.05, 0.1) is 22.6 Å². The zero-order valence-electron chi connectivity index (χ0n) is 13.4. The van der Waals surface area contributed by atoms with Crippen LogP contribution in [0.3, 0.4) is 0 Å². The van der Waals surface area contributed by atoms with Crippen molar-refractivity contribution in [3.63, 3.8) is 0 Å². The van der Waals surface area contributed by atoms with E-state index in [4.69, 9.17) is 4.74 Å². The van der Waals surface area contributed by atoms with E-state index in [9.17, 15) is 28.0 Å². The Morgan fingerprint density at radius 1 is 1.35 bits per heavy atom. The molecule has 0 bridgehead atoms. The second-order valence-corrected chi connectivity index (χ2v) is 6.54. The van der Waals surface area contributed by atoms with E-state index in [0.717, 1.165) is 36.5 Å². The summed E-state index contributed by atoms with van der Waals surface area (Å²) in [4.78, 5) is 11.9. The lowest BCUT2D eigenvalue weighted by Crippen LogP contribution is -2.18. The molecule has 0 aliphatic rings. The molecule has 0 heterocycles. The number of rotatable bonds is 7. The number of nitrogens with one attached hydrogen (secondary N) is 1. The number of nitro groups is 1. The highest BCUT2D eigenvalue weighted by molar-refractivity contribution is 7.89. The second kappa shape index (κ2) is 7.78. The summed E-state index contributed by atoms with van der Waals surface area (Å²) in [6.45, 7) is 1.78. The third kappa shape index (κ3) is 4.45. The Hall–Kier alpha value is -3.21. The first-order valence-electron chi connectivity index (χ1n) is 7.19. The molecule has 11 heteroatoms. The first kappa shape index (κ1) is 19.1. The fraction of sp³-hybridized carbons (Fsp3) is 0.133. The molecule has 26 heavy (non-hydrogen) atoms. The Kier molecular flexibility index (Phi) is 5.72. The summed E-state index contributed by atoms with van der Waals surface area (Å²) < 4.78 is 42.0. The predicted octanol–water partition coefficient (Wildman–Crippen LogP) is 2.15. The lowest BCUT2D eigenvalue weighted by atomic mass is 10.2. The van der Waals surface area contributed by atoms with Gasteiger partial charge in [-0.2, -0.15) is 13.5 Å². The highest BCUT2D eigenvalue weighted by Crippen LogP contribution is 2.36. The molecule has 0 aliphatic carbocycles. The number of phenolic OH excluding ortho intramolecular Hbond substituents is 1. The Balaban J connectivity index is 2.27. The first-order valence-corrected chi connectivity index (χ1v) is 8.67. The van der Waals surface area contributed by atoms with Gasteiger partial charge < -0.3 is 9.84 Å². The van der Waals surface area contributed by atoms with Gasteiger partial charge in [-0.1, -0.05) is 0 Å². The van der Waals surface area contributed by atoms with Crippen LogP contribution in [0.2, 0.25) is 0 Å². The molecule has 0 amide bonds. The average Bonchev–Trinajstić information content (AvgIpc) is 2.57. The molecule has 0 atom stereocenters. The topological polar surface area (TPSA) is 131 Å². The van der Waals surface area contributed by atoms with Gasteiger partial charge in [0.15, 0.2) is 5.75 Å². The summed E-state index contributed by atoms with van der Waals surface area (Å²) in [7, 11) is -4.03. The first-order chi connectivity index (χ1) is 12.2. The Morgan fingerprint density at radius 3 is 2.58 bits per heavy atom. The second-order valence-electron chi connectivity index (χ2n) is 4.88. The van der Waals surface area contributed by atoms with Crippen molar-refractivity contribution in [2.45, 2.75) is 11.8 Å². The molecule has 0 spiro atoms. The summed E-state index contributed by atoms with van der Waals surface area (Å²) in [5.41, 5.74) is -0.487. The van der Waals surface area contributed by atoms with E-state index in [0.29, 0.717) is 0 Å². The van der Waals surface area contributed by atoms with Crippen LogP contribution >= 0.6 is 0 Å². The Labute approximate surface area is 147 Å². The SMILES string of the molecule is CCOc1cc(/C=N/NS(=O)(=O)c2ccc(F)cc2)cc([N+](=O)[O-])c1O. The number of benzene rings is 2. The van der Waals surface area contributed by atoms with Crippen molar-refractivity contribution >= 4 is 21.9 Å². The standard InChI is InChI=1S/C15H14FN3O6S/c1-2-25-14-8-10(7-13(15(14)20)19(21)22)9-17-18-26(23,24)12-5-3-11(16)4-6-12/h3-9,18,20H,2H2,1H3/b17-9+. The maximum absolute atomic E-state index is 12.9. The number of phenols is 1. The van der Waals surface area contributed by atoms with Gasteiger partial charge in [0.2, 0.25) is 5.75 Å². The van der Waals surface area contributed by atoms with E-state index in [1.165, 1.54) is 6.07 Å². The number of nitro benzene ring substituents is 1. The van der Waals surface area contributed by atoms with Gasteiger partial charge in [-0.05, 0) is 37.3 Å². The normalized spacial score (nSPS) is 11.5. The number of hydrazone groups is 1. The van der Waals surface area contributed by atoms with E-state index in [2.05, 4.69) is 5.10 Å². The summed E-state index contributed by atoms with van der Waals surface area (Å²) in [6.07, 6.45) is 1.01. The number of sulfonamides is 1. The largest absolute Gasteiger partial charge is 0.500 e. The summed E-state index contributed by atoms with van der Waals surface area (Å²) in [6, 6.07) is 6.36. The van der Waals surface area contributed by atoms with Crippen molar-refractivity contribution in [2.75, 3.05) is 6.61 Å². The van der Waals surface area contributed by atoms with Crippen molar-refractivity contribution in [1.29, 1.82) is 0 Å². The van der Waals surface area contributed by atoms with Gasteiger partial charge in [-0.15, -0.1) is 0 Å². The molecule has 9 nitrogen and oxygen atoms in total. The zero-order chi connectivity index (χ0) is 19.3. The highest BCUT2D eigenvalue weighted by atomic mass is 32.2. The fourth-order valence-electron chi connectivity index (χ4n) is 1.93. The Bertz CT molecular complexity index is 945. The molecule has 0 aromatic heterocycles. The predicted molar refractivity (Wildman–Crippen MR) is 90.2 cm³/mol. The molecular formula is C15H14FN3O6S. The molecule has 0 aliphatic heterocycles. The molecule has 0 saturated heterocycles. The number of hydrogen-bond donors (Lipinski definition) is 2. The van der Waals surface area contributed by atoms with Crippen LogP contribution in [0, 0.1) is 15.9 Å². The van der Waals surface area contributed by atoms with Gasteiger partial charge in [0, 0.05) is 11.6 Å². The molecule has 2 N–H and O–H groups in total. The molecule has 0 radical (unpaired) electrons. The lowest BCUT2D eigenvalue weighted by molar-refractivity contribution is -0.386. The van der Waals surface area contributed by atoms with Gasteiger partial charge in [0.25, 0.3) is 10.0 Å². The smallest absolute Gasteiger partial charge is 0.315 e. The minimum absolute atomic E-state index is 0.125. The molecular weight excluding hydrogens is 369 g/mol. The molecule has 2 aromatic rings. The third-order valence-electron chi connectivity index (χ3n) is 3.08. The van der Waals surface area contributed by atoms with Crippen LogP contribution in [0.25, 0.3) is 0 Å². The van der Waals surface area contributed by atoms with Crippen molar-refractivity contribution in [2.24, 2.45) is 5.10 Å². The number of hydrogen-bond acceptors (Lipinski definition) is 7. The van der Waals surface area contributed by atoms with Crippen molar-refractivity contribution in [1.82, 2.24) is 4.83 Å².